The summed E-state index contributed by atoms with van der Waals surface area (Å²) in [5, 5.41) is 1.18. The topological polar surface area (TPSA) is 51.8 Å². The first-order valence-electron chi connectivity index (χ1n) is 4.31. The highest BCUT2D eigenvalue weighted by Crippen LogP contribution is 2.36. The minimum absolute atomic E-state index is 0.280. The first-order chi connectivity index (χ1) is 7.59. The van der Waals surface area contributed by atoms with Crippen LogP contribution < -0.4 is 5.73 Å². The van der Waals surface area contributed by atoms with Crippen LogP contribution in [0.3, 0.4) is 0 Å². The van der Waals surface area contributed by atoms with E-state index < -0.39 is 0 Å². The molecule has 1 aromatic carbocycles. The fourth-order valence-electron chi connectivity index (χ4n) is 1.28. The summed E-state index contributed by atoms with van der Waals surface area (Å²) < 4.78 is 0. The number of hydrogen-bond acceptors (Lipinski definition) is 3. The number of aromatic nitrogens is 2. The third-order valence-corrected chi connectivity index (χ3v) is 2.99. The summed E-state index contributed by atoms with van der Waals surface area (Å²) in [6, 6.07) is 3.21. The van der Waals surface area contributed by atoms with E-state index in [0.29, 0.717) is 26.3 Å². The van der Waals surface area contributed by atoms with Crippen LogP contribution in [0.2, 0.25) is 15.1 Å². The van der Waals surface area contributed by atoms with Gasteiger partial charge in [0.05, 0.1) is 10.0 Å². The number of benzene rings is 1. The summed E-state index contributed by atoms with van der Waals surface area (Å²) in [7, 11) is 0. The average Bonchev–Trinajstić information content (AvgIpc) is 2.24. The third-order valence-electron chi connectivity index (χ3n) is 1.97. The van der Waals surface area contributed by atoms with Gasteiger partial charge in [0, 0.05) is 23.0 Å². The minimum atomic E-state index is 0.280. The van der Waals surface area contributed by atoms with Gasteiger partial charge in [0.25, 0.3) is 0 Å². The van der Waals surface area contributed by atoms with E-state index in [0.717, 1.165) is 0 Å². The molecule has 0 aliphatic rings. The molecule has 0 aliphatic heterocycles. The summed E-state index contributed by atoms with van der Waals surface area (Å²) in [5.41, 5.74) is 6.75. The quantitative estimate of drug-likeness (QED) is 0.807. The Bertz CT molecular complexity index is 543. The Kier molecular flexibility index (Phi) is 3.19. The van der Waals surface area contributed by atoms with Crippen molar-refractivity contribution in [3.63, 3.8) is 0 Å². The lowest BCUT2D eigenvalue weighted by molar-refractivity contribution is 1.22. The molecule has 0 aliphatic carbocycles. The first kappa shape index (κ1) is 11.5. The predicted octanol–water partition coefficient (Wildman–Crippen LogP) is 3.69. The maximum absolute atomic E-state index is 6.06. The monoisotopic (exact) mass is 273 g/mol. The lowest BCUT2D eigenvalue weighted by Crippen LogP contribution is -1.96. The summed E-state index contributed by atoms with van der Waals surface area (Å²) in [6.07, 6.45) is 3.02. The molecule has 0 fully saturated rings. The standard InChI is InChI=1S/C10H6Cl3N3/c11-5-3-6(8(13)7(12)4-5)9-10(14)16-2-1-15-9/h1-4H,(H2,14,16). The van der Waals surface area contributed by atoms with Crippen molar-refractivity contribution in [1.82, 2.24) is 9.97 Å². The van der Waals surface area contributed by atoms with E-state index in [2.05, 4.69) is 9.97 Å². The Hall–Kier alpha value is -1.03. The summed E-state index contributed by atoms with van der Waals surface area (Å²) >= 11 is 17.9. The molecule has 1 aromatic heterocycles. The number of rotatable bonds is 1. The molecule has 3 nitrogen and oxygen atoms in total. The molecule has 0 saturated carbocycles. The van der Waals surface area contributed by atoms with Crippen LogP contribution in [-0.2, 0) is 0 Å². The van der Waals surface area contributed by atoms with Gasteiger partial charge in [-0.1, -0.05) is 34.8 Å². The van der Waals surface area contributed by atoms with E-state index in [1.54, 1.807) is 12.1 Å². The molecule has 6 heteroatoms. The van der Waals surface area contributed by atoms with Gasteiger partial charge in [-0.05, 0) is 12.1 Å². The van der Waals surface area contributed by atoms with Crippen molar-refractivity contribution in [3.8, 4) is 11.3 Å². The van der Waals surface area contributed by atoms with E-state index in [9.17, 15) is 0 Å². The molecule has 0 spiro atoms. The first-order valence-corrected chi connectivity index (χ1v) is 5.44. The Labute approximate surface area is 107 Å². The van der Waals surface area contributed by atoms with E-state index in [1.807, 2.05) is 0 Å². The van der Waals surface area contributed by atoms with Crippen molar-refractivity contribution in [2.45, 2.75) is 0 Å². The molecular weight excluding hydrogens is 268 g/mol. The second kappa shape index (κ2) is 4.45. The van der Waals surface area contributed by atoms with Crippen LogP contribution in [0.1, 0.15) is 0 Å². The van der Waals surface area contributed by atoms with Crippen LogP contribution in [-0.4, -0.2) is 9.97 Å². The van der Waals surface area contributed by atoms with Crippen molar-refractivity contribution in [3.05, 3.63) is 39.6 Å². The molecule has 2 aromatic rings. The van der Waals surface area contributed by atoms with Gasteiger partial charge in [0.2, 0.25) is 0 Å². The van der Waals surface area contributed by atoms with Crippen LogP contribution >= 0.6 is 34.8 Å². The van der Waals surface area contributed by atoms with Crippen LogP contribution in [0.25, 0.3) is 11.3 Å². The number of nitrogens with zero attached hydrogens (tertiary/aromatic N) is 2. The van der Waals surface area contributed by atoms with E-state index in [1.165, 1.54) is 12.4 Å². The SMILES string of the molecule is Nc1nccnc1-c1cc(Cl)cc(Cl)c1Cl. The second-order valence-electron chi connectivity index (χ2n) is 3.04. The highest BCUT2D eigenvalue weighted by Gasteiger charge is 2.13. The van der Waals surface area contributed by atoms with Gasteiger partial charge in [0.15, 0.2) is 0 Å². The van der Waals surface area contributed by atoms with Crippen LogP contribution in [0.5, 0.6) is 0 Å². The number of anilines is 1. The van der Waals surface area contributed by atoms with Gasteiger partial charge in [0.1, 0.15) is 11.5 Å². The number of nitrogens with two attached hydrogens (primary N) is 1. The molecule has 0 amide bonds. The van der Waals surface area contributed by atoms with Gasteiger partial charge in [-0.2, -0.15) is 0 Å². The van der Waals surface area contributed by atoms with E-state index in [4.69, 9.17) is 40.5 Å². The molecule has 0 saturated heterocycles. The van der Waals surface area contributed by atoms with Crippen molar-refractivity contribution in [1.29, 1.82) is 0 Å². The van der Waals surface area contributed by atoms with E-state index in [-0.39, 0.29) is 5.82 Å². The zero-order valence-corrected chi connectivity index (χ0v) is 10.2. The summed E-state index contributed by atoms with van der Waals surface area (Å²) in [4.78, 5) is 8.03. The van der Waals surface area contributed by atoms with Gasteiger partial charge in [-0.25, -0.2) is 4.98 Å². The fourth-order valence-corrected chi connectivity index (χ4v) is 1.98. The summed E-state index contributed by atoms with van der Waals surface area (Å²) in [5.74, 6) is 0.280. The second-order valence-corrected chi connectivity index (χ2v) is 4.26. The van der Waals surface area contributed by atoms with Crippen LogP contribution in [0.4, 0.5) is 5.82 Å². The zero-order chi connectivity index (χ0) is 11.7. The highest BCUT2D eigenvalue weighted by atomic mass is 35.5. The molecular formula is C10H6Cl3N3. The third kappa shape index (κ3) is 2.07. The summed E-state index contributed by atoms with van der Waals surface area (Å²) in [6.45, 7) is 0. The van der Waals surface area contributed by atoms with Gasteiger partial charge >= 0.3 is 0 Å². The maximum Gasteiger partial charge on any atom is 0.150 e. The minimum Gasteiger partial charge on any atom is -0.382 e. The Morgan fingerprint density at radius 3 is 2.38 bits per heavy atom. The van der Waals surface area contributed by atoms with Crippen molar-refractivity contribution >= 4 is 40.6 Å². The zero-order valence-electron chi connectivity index (χ0n) is 7.92. The highest BCUT2D eigenvalue weighted by molar-refractivity contribution is 6.45. The van der Waals surface area contributed by atoms with Crippen molar-refractivity contribution in [2.24, 2.45) is 0 Å². The molecule has 0 radical (unpaired) electrons. The Morgan fingerprint density at radius 1 is 1.00 bits per heavy atom. The van der Waals surface area contributed by atoms with Crippen LogP contribution in [0.15, 0.2) is 24.5 Å². The van der Waals surface area contributed by atoms with E-state index >= 15 is 0 Å². The van der Waals surface area contributed by atoms with Gasteiger partial charge in [-0.3, -0.25) is 4.98 Å². The molecule has 0 bridgehead atoms. The molecule has 16 heavy (non-hydrogen) atoms. The van der Waals surface area contributed by atoms with Crippen molar-refractivity contribution in [2.75, 3.05) is 5.73 Å². The Morgan fingerprint density at radius 2 is 1.69 bits per heavy atom. The number of hydrogen-bond donors (Lipinski definition) is 1. The molecule has 2 N–H and O–H groups in total. The molecule has 2 rings (SSSR count). The number of halogens is 3. The number of nitrogen functional groups attached to an aromatic ring is 1. The largest absolute Gasteiger partial charge is 0.382 e. The molecule has 0 unspecified atom stereocenters. The lowest BCUT2D eigenvalue weighted by atomic mass is 10.1. The molecule has 82 valence electrons. The maximum atomic E-state index is 6.06. The van der Waals surface area contributed by atoms with Crippen LogP contribution in [0, 0.1) is 0 Å². The van der Waals surface area contributed by atoms with Gasteiger partial charge in [-0.15, -0.1) is 0 Å². The fraction of sp³-hybridized carbons (Fsp3) is 0. The normalized spacial score (nSPS) is 10.4. The predicted molar refractivity (Wildman–Crippen MR) is 66.9 cm³/mol. The van der Waals surface area contributed by atoms with Gasteiger partial charge < -0.3 is 5.73 Å². The molecule has 1 heterocycles. The lowest BCUT2D eigenvalue weighted by Gasteiger charge is -2.07. The average molecular weight is 275 g/mol. The van der Waals surface area contributed by atoms with Crippen molar-refractivity contribution < 1.29 is 0 Å². The molecule has 0 atom stereocenters. The smallest absolute Gasteiger partial charge is 0.150 e. The Balaban J connectivity index is 2.69.